The number of carbonyl (C=O) groups is 1. The molecule has 0 atom stereocenters. The van der Waals surface area contributed by atoms with Crippen LogP contribution in [0.3, 0.4) is 0 Å². The molecule has 0 unspecified atom stereocenters. The molecule has 28 heavy (non-hydrogen) atoms. The van der Waals surface area contributed by atoms with E-state index in [9.17, 15) is 13.2 Å². The van der Waals surface area contributed by atoms with Gasteiger partial charge in [-0.15, -0.1) is 0 Å². The zero-order chi connectivity index (χ0) is 19.7. The third-order valence-electron chi connectivity index (χ3n) is 5.15. The van der Waals surface area contributed by atoms with Crippen molar-refractivity contribution in [3.05, 3.63) is 41.7 Å². The molecule has 1 aromatic carbocycles. The minimum absolute atomic E-state index is 0.120. The third-order valence-corrected chi connectivity index (χ3v) is 6.94. The molecule has 0 saturated carbocycles. The molecule has 2 aliphatic heterocycles. The van der Waals surface area contributed by atoms with Gasteiger partial charge in [0.05, 0.1) is 11.2 Å². The lowest BCUT2D eigenvalue weighted by atomic mass is 10.2. The van der Waals surface area contributed by atoms with E-state index >= 15 is 0 Å². The van der Waals surface area contributed by atoms with Gasteiger partial charge in [-0.05, 0) is 41.8 Å². The van der Waals surface area contributed by atoms with Crippen LogP contribution in [0.15, 0.2) is 51.0 Å². The van der Waals surface area contributed by atoms with Crippen molar-refractivity contribution in [2.24, 2.45) is 0 Å². The van der Waals surface area contributed by atoms with Crippen LogP contribution in [0.25, 0.3) is 11.0 Å². The molecule has 0 fully saturated rings. The molecule has 2 aliphatic rings. The summed E-state index contributed by atoms with van der Waals surface area (Å²) >= 11 is 0. The molecule has 9 heteroatoms. The smallest absolute Gasteiger partial charge is 0.317 e. The minimum atomic E-state index is -3.59. The highest BCUT2D eigenvalue weighted by atomic mass is 32.2. The molecule has 1 N–H and O–H groups in total. The first-order chi connectivity index (χ1) is 13.5. The Morgan fingerprint density at radius 3 is 2.64 bits per heavy atom. The van der Waals surface area contributed by atoms with Crippen LogP contribution in [-0.2, 0) is 14.8 Å². The van der Waals surface area contributed by atoms with Crippen molar-refractivity contribution in [2.45, 2.75) is 11.3 Å². The summed E-state index contributed by atoms with van der Waals surface area (Å²) in [5.74, 6) is 0. The zero-order valence-corrected chi connectivity index (χ0v) is 16.5. The molecule has 150 valence electrons. The second-order valence-electron chi connectivity index (χ2n) is 7.03. The second-order valence-corrected chi connectivity index (χ2v) is 8.97. The molecular weight excluding hydrogens is 382 g/mol. The van der Waals surface area contributed by atoms with Crippen molar-refractivity contribution in [1.29, 1.82) is 0 Å². The maximum Gasteiger partial charge on any atom is 0.317 e. The Balaban J connectivity index is 1.37. The first-order valence-corrected chi connectivity index (χ1v) is 10.6. The number of carbonyl (C=O) groups excluding carboxylic acids is 1. The van der Waals surface area contributed by atoms with E-state index in [0.717, 1.165) is 23.0 Å². The lowest BCUT2D eigenvalue weighted by molar-refractivity contribution is 0.188. The monoisotopic (exact) mass is 405 g/mol. The van der Waals surface area contributed by atoms with Crippen LogP contribution in [0.2, 0.25) is 0 Å². The molecule has 2 aromatic rings. The van der Waals surface area contributed by atoms with Gasteiger partial charge in [-0.2, -0.15) is 4.31 Å². The number of nitrogens with one attached hydrogen (secondary N) is 1. The van der Waals surface area contributed by atoms with Crippen LogP contribution in [0.4, 0.5) is 4.79 Å². The van der Waals surface area contributed by atoms with Crippen molar-refractivity contribution in [3.63, 3.8) is 0 Å². The fourth-order valence-corrected chi connectivity index (χ4v) is 5.10. The van der Waals surface area contributed by atoms with Crippen LogP contribution < -0.4 is 5.32 Å². The topological polar surface area (TPSA) is 92.1 Å². The molecule has 1 aromatic heterocycles. The predicted molar refractivity (Wildman–Crippen MR) is 103 cm³/mol. The fraction of sp³-hybridized carbons (Fsp3) is 0.421. The minimum Gasteiger partial charge on any atom is -0.464 e. The van der Waals surface area contributed by atoms with Gasteiger partial charge in [0.15, 0.2) is 0 Å². The number of benzene rings is 1. The molecule has 0 bridgehead atoms. The largest absolute Gasteiger partial charge is 0.464 e. The normalized spacial score (nSPS) is 17.5. The molecule has 0 spiro atoms. The summed E-state index contributed by atoms with van der Waals surface area (Å²) in [6.07, 6.45) is 2.30. The molecule has 0 aliphatic carbocycles. The van der Waals surface area contributed by atoms with Gasteiger partial charge in [0, 0.05) is 51.8 Å². The summed E-state index contributed by atoms with van der Waals surface area (Å²) < 4.78 is 37.8. The van der Waals surface area contributed by atoms with Crippen molar-refractivity contribution in [1.82, 2.24) is 14.5 Å². The molecule has 2 amide bonds. The van der Waals surface area contributed by atoms with Gasteiger partial charge in [0.25, 0.3) is 0 Å². The van der Waals surface area contributed by atoms with Gasteiger partial charge < -0.3 is 19.4 Å². The molecule has 0 saturated heterocycles. The van der Waals surface area contributed by atoms with Gasteiger partial charge in [-0.25, -0.2) is 13.2 Å². The molecular formula is C19H23N3O5S. The Hall–Kier alpha value is -2.36. The second kappa shape index (κ2) is 7.57. The number of fused-ring (bicyclic) bond motifs is 1. The Morgan fingerprint density at radius 2 is 1.93 bits per heavy atom. The van der Waals surface area contributed by atoms with Crippen LogP contribution >= 0.6 is 0 Å². The number of nitrogens with zero attached hydrogens (tertiary/aromatic N) is 2. The summed E-state index contributed by atoms with van der Waals surface area (Å²) in [4.78, 5) is 14.2. The van der Waals surface area contributed by atoms with E-state index in [1.54, 1.807) is 42.5 Å². The highest BCUT2D eigenvalue weighted by Crippen LogP contribution is 2.31. The third kappa shape index (κ3) is 3.52. The van der Waals surface area contributed by atoms with Gasteiger partial charge >= 0.3 is 6.03 Å². The summed E-state index contributed by atoms with van der Waals surface area (Å²) in [5, 5.41) is 3.63. The average molecular weight is 405 g/mol. The van der Waals surface area contributed by atoms with E-state index in [2.05, 4.69) is 5.32 Å². The molecule has 8 nitrogen and oxygen atoms in total. The highest BCUT2D eigenvalue weighted by Gasteiger charge is 2.37. The van der Waals surface area contributed by atoms with E-state index in [0.29, 0.717) is 44.9 Å². The van der Waals surface area contributed by atoms with E-state index in [-0.39, 0.29) is 10.9 Å². The Bertz CT molecular complexity index is 1010. The average Bonchev–Trinajstić information content (AvgIpc) is 3.38. The van der Waals surface area contributed by atoms with E-state index in [1.165, 1.54) is 4.31 Å². The summed E-state index contributed by atoms with van der Waals surface area (Å²) in [7, 11) is -1.96. The summed E-state index contributed by atoms with van der Waals surface area (Å²) in [6, 6.07) is 6.52. The Morgan fingerprint density at radius 1 is 1.18 bits per heavy atom. The number of urea groups is 1. The number of ether oxygens (including phenoxy) is 1. The van der Waals surface area contributed by atoms with Crippen molar-refractivity contribution in [2.75, 3.05) is 46.4 Å². The lowest BCUT2D eigenvalue weighted by Gasteiger charge is -2.23. The number of hydrogen-bond acceptors (Lipinski definition) is 5. The van der Waals surface area contributed by atoms with Crippen molar-refractivity contribution < 1.29 is 22.4 Å². The van der Waals surface area contributed by atoms with Gasteiger partial charge in [0.1, 0.15) is 5.58 Å². The summed E-state index contributed by atoms with van der Waals surface area (Å²) in [5.41, 5.74) is 2.69. The van der Waals surface area contributed by atoms with Crippen molar-refractivity contribution in [3.8, 4) is 0 Å². The van der Waals surface area contributed by atoms with Gasteiger partial charge in [-0.1, -0.05) is 0 Å². The Labute approximate surface area is 163 Å². The zero-order valence-electron chi connectivity index (χ0n) is 15.7. The number of amides is 2. The Kier molecular flexibility index (Phi) is 5.13. The number of rotatable bonds is 6. The lowest BCUT2D eigenvalue weighted by Crippen LogP contribution is -2.42. The van der Waals surface area contributed by atoms with E-state index < -0.39 is 10.0 Å². The molecule has 4 rings (SSSR count). The van der Waals surface area contributed by atoms with E-state index in [1.807, 2.05) is 0 Å². The van der Waals surface area contributed by atoms with Crippen molar-refractivity contribution >= 4 is 27.0 Å². The standard InChI is InChI=1S/C19H23N3O5S/c1-26-7-2-6-20-19(23)21-10-15-12-22(13-16(15)11-21)28(24,25)17-3-4-18-14(9-17)5-8-27-18/h3-5,8-9H,2,6-7,10-13H2,1H3,(H,20,23). The van der Waals surface area contributed by atoms with Crippen LogP contribution in [-0.4, -0.2) is 70.1 Å². The highest BCUT2D eigenvalue weighted by molar-refractivity contribution is 7.89. The first kappa shape index (κ1) is 19.0. The quantitative estimate of drug-likeness (QED) is 0.584. The number of hydrogen-bond donors (Lipinski definition) is 1. The van der Waals surface area contributed by atoms with Crippen LogP contribution in [0.5, 0.6) is 0 Å². The first-order valence-electron chi connectivity index (χ1n) is 9.18. The maximum absolute atomic E-state index is 13.0. The number of furan rings is 1. The van der Waals surface area contributed by atoms with Crippen LogP contribution in [0.1, 0.15) is 6.42 Å². The number of sulfonamides is 1. The maximum atomic E-state index is 13.0. The predicted octanol–water partition coefficient (Wildman–Crippen LogP) is 1.80. The SMILES string of the molecule is COCCCNC(=O)N1CC2=C(C1)CN(S(=O)(=O)c1ccc3occc3c1)C2. The fourth-order valence-electron chi connectivity index (χ4n) is 3.64. The van der Waals surface area contributed by atoms with E-state index in [4.69, 9.17) is 9.15 Å². The van der Waals surface area contributed by atoms with Gasteiger partial charge in [-0.3, -0.25) is 0 Å². The molecule has 3 heterocycles. The molecule has 0 radical (unpaired) electrons. The summed E-state index contributed by atoms with van der Waals surface area (Å²) in [6.45, 7) is 2.76. The number of methoxy groups -OCH3 is 1. The van der Waals surface area contributed by atoms with Gasteiger partial charge in [0.2, 0.25) is 10.0 Å². The van der Waals surface area contributed by atoms with Crippen LogP contribution in [0, 0.1) is 0 Å².